The smallest absolute Gasteiger partial charge is 0.216 e. The van der Waals surface area contributed by atoms with Crippen LogP contribution in [-0.2, 0) is 12.8 Å². The van der Waals surface area contributed by atoms with Gasteiger partial charge < -0.3 is 4.74 Å². The van der Waals surface area contributed by atoms with Crippen LogP contribution in [0.2, 0.25) is 0 Å². The Labute approximate surface area is 108 Å². The zero-order valence-electron chi connectivity index (χ0n) is 9.49. The third-order valence-electron chi connectivity index (χ3n) is 3.03. The van der Waals surface area contributed by atoms with Gasteiger partial charge in [-0.2, -0.15) is 0 Å². The molecule has 2 aromatic heterocycles. The number of fused-ring (bicyclic) bond motifs is 1. The maximum atomic E-state index is 12.3. The van der Waals surface area contributed by atoms with Gasteiger partial charge in [0.15, 0.2) is 0 Å². The molecule has 0 amide bonds. The van der Waals surface area contributed by atoms with Gasteiger partial charge in [-0.1, -0.05) is 0 Å². The predicted molar refractivity (Wildman–Crippen MR) is 70.6 cm³/mol. The summed E-state index contributed by atoms with van der Waals surface area (Å²) >= 11 is 3.10. The molecule has 0 atom stereocenters. The Hall–Kier alpha value is -1.13. The van der Waals surface area contributed by atoms with Gasteiger partial charge in [0.2, 0.25) is 5.78 Å². The highest BCUT2D eigenvalue weighted by molar-refractivity contribution is 7.17. The molecule has 0 saturated carbocycles. The molecule has 0 radical (unpaired) electrons. The molecule has 3 rings (SSSR count). The standard InChI is InChI=1S/C13H12O2S2/c1-15-9-5-6-16-13(9)12(14)11-7-8-3-2-4-10(8)17-11/h5-7H,2-4H2,1H3. The second-order valence-electron chi connectivity index (χ2n) is 4.06. The lowest BCUT2D eigenvalue weighted by Crippen LogP contribution is -1.98. The highest BCUT2D eigenvalue weighted by Gasteiger charge is 2.22. The molecule has 2 aromatic rings. The van der Waals surface area contributed by atoms with Crippen LogP contribution in [0.1, 0.15) is 31.4 Å². The van der Waals surface area contributed by atoms with E-state index < -0.39 is 0 Å². The van der Waals surface area contributed by atoms with E-state index in [-0.39, 0.29) is 5.78 Å². The van der Waals surface area contributed by atoms with E-state index >= 15 is 0 Å². The van der Waals surface area contributed by atoms with E-state index in [4.69, 9.17) is 4.74 Å². The largest absolute Gasteiger partial charge is 0.495 e. The predicted octanol–water partition coefficient (Wildman–Crippen LogP) is 3.54. The summed E-state index contributed by atoms with van der Waals surface area (Å²) in [6.45, 7) is 0. The molecule has 4 heteroatoms. The first-order valence-corrected chi connectivity index (χ1v) is 7.27. The summed E-state index contributed by atoms with van der Waals surface area (Å²) < 4.78 is 5.20. The number of ketones is 1. The minimum Gasteiger partial charge on any atom is -0.495 e. The molecular weight excluding hydrogens is 252 g/mol. The number of aryl methyl sites for hydroxylation is 2. The third-order valence-corrected chi connectivity index (χ3v) is 5.16. The van der Waals surface area contributed by atoms with Crippen molar-refractivity contribution in [1.29, 1.82) is 0 Å². The van der Waals surface area contributed by atoms with Crippen molar-refractivity contribution in [3.05, 3.63) is 37.7 Å². The maximum Gasteiger partial charge on any atom is 0.216 e. The fourth-order valence-corrected chi connectivity index (χ4v) is 4.25. The van der Waals surface area contributed by atoms with Crippen molar-refractivity contribution < 1.29 is 9.53 Å². The van der Waals surface area contributed by atoms with Crippen molar-refractivity contribution in [1.82, 2.24) is 0 Å². The number of carbonyl (C=O) groups is 1. The van der Waals surface area contributed by atoms with Crippen LogP contribution in [0.25, 0.3) is 0 Å². The quantitative estimate of drug-likeness (QED) is 0.793. The van der Waals surface area contributed by atoms with E-state index in [1.807, 2.05) is 11.4 Å². The molecule has 0 N–H and O–H groups in total. The fourth-order valence-electron chi connectivity index (χ4n) is 2.18. The monoisotopic (exact) mass is 264 g/mol. The van der Waals surface area contributed by atoms with Crippen molar-refractivity contribution in [2.24, 2.45) is 0 Å². The number of thiophene rings is 2. The maximum absolute atomic E-state index is 12.3. The van der Waals surface area contributed by atoms with Gasteiger partial charge in [0.25, 0.3) is 0 Å². The molecule has 2 nitrogen and oxygen atoms in total. The fraction of sp³-hybridized carbons (Fsp3) is 0.308. The first-order chi connectivity index (χ1) is 8.29. The molecule has 0 unspecified atom stereocenters. The number of rotatable bonds is 3. The molecule has 0 aromatic carbocycles. The number of methoxy groups -OCH3 is 1. The lowest BCUT2D eigenvalue weighted by atomic mass is 10.2. The van der Waals surface area contributed by atoms with Gasteiger partial charge in [-0.05, 0) is 42.3 Å². The summed E-state index contributed by atoms with van der Waals surface area (Å²) in [6, 6.07) is 3.91. The van der Waals surface area contributed by atoms with Gasteiger partial charge in [-0.15, -0.1) is 22.7 Å². The molecule has 88 valence electrons. The van der Waals surface area contributed by atoms with Gasteiger partial charge in [0, 0.05) is 4.88 Å². The lowest BCUT2D eigenvalue weighted by Gasteiger charge is -1.99. The highest BCUT2D eigenvalue weighted by atomic mass is 32.1. The van der Waals surface area contributed by atoms with Crippen molar-refractivity contribution >= 4 is 28.5 Å². The number of ether oxygens (including phenoxy) is 1. The Morgan fingerprint density at radius 3 is 3.06 bits per heavy atom. The van der Waals surface area contributed by atoms with Crippen molar-refractivity contribution in [3.8, 4) is 5.75 Å². The van der Waals surface area contributed by atoms with Gasteiger partial charge in [-0.25, -0.2) is 0 Å². The Morgan fingerprint density at radius 1 is 1.41 bits per heavy atom. The summed E-state index contributed by atoms with van der Waals surface area (Å²) in [7, 11) is 1.60. The summed E-state index contributed by atoms with van der Waals surface area (Å²) in [6.07, 6.45) is 3.49. The van der Waals surface area contributed by atoms with Crippen LogP contribution in [0.3, 0.4) is 0 Å². The molecule has 0 saturated heterocycles. The zero-order valence-corrected chi connectivity index (χ0v) is 11.1. The molecule has 1 aliphatic carbocycles. The Balaban J connectivity index is 1.96. The SMILES string of the molecule is COc1ccsc1C(=O)c1cc2c(s1)CCC2. The van der Waals surface area contributed by atoms with Crippen LogP contribution in [0.15, 0.2) is 17.5 Å². The molecule has 0 bridgehead atoms. The van der Waals surface area contributed by atoms with E-state index in [0.29, 0.717) is 10.6 Å². The number of hydrogen-bond donors (Lipinski definition) is 0. The summed E-state index contributed by atoms with van der Waals surface area (Å²) in [5.41, 5.74) is 1.37. The second kappa shape index (κ2) is 4.27. The number of hydrogen-bond acceptors (Lipinski definition) is 4. The average Bonchev–Trinajstić information content (AvgIpc) is 3.02. The van der Waals surface area contributed by atoms with E-state index in [0.717, 1.165) is 17.7 Å². The van der Waals surface area contributed by atoms with Crippen LogP contribution in [0, 0.1) is 0 Å². The minimum atomic E-state index is 0.108. The van der Waals surface area contributed by atoms with Gasteiger partial charge >= 0.3 is 0 Å². The van der Waals surface area contributed by atoms with Crippen LogP contribution < -0.4 is 4.74 Å². The van der Waals surface area contributed by atoms with E-state index in [1.54, 1.807) is 18.4 Å². The average molecular weight is 264 g/mol. The summed E-state index contributed by atoms with van der Waals surface area (Å²) in [5.74, 6) is 0.796. The second-order valence-corrected chi connectivity index (χ2v) is 6.11. The Kier molecular flexibility index (Phi) is 2.76. The van der Waals surface area contributed by atoms with Crippen LogP contribution in [0.4, 0.5) is 0 Å². The first kappa shape index (κ1) is 11.0. The lowest BCUT2D eigenvalue weighted by molar-refractivity contribution is 0.104. The van der Waals surface area contributed by atoms with Crippen LogP contribution in [0.5, 0.6) is 5.75 Å². The van der Waals surface area contributed by atoms with Gasteiger partial charge in [0.05, 0.1) is 12.0 Å². The minimum absolute atomic E-state index is 0.108. The van der Waals surface area contributed by atoms with Crippen molar-refractivity contribution in [2.45, 2.75) is 19.3 Å². The summed E-state index contributed by atoms with van der Waals surface area (Å²) in [5, 5.41) is 1.90. The molecule has 0 spiro atoms. The van der Waals surface area contributed by atoms with E-state index in [2.05, 4.69) is 6.07 Å². The molecule has 2 heterocycles. The third kappa shape index (κ3) is 1.81. The normalized spacial score (nSPS) is 13.7. The Morgan fingerprint density at radius 2 is 2.29 bits per heavy atom. The molecule has 0 aliphatic heterocycles. The first-order valence-electron chi connectivity index (χ1n) is 5.57. The molecule has 1 aliphatic rings. The molecular formula is C13H12O2S2. The topological polar surface area (TPSA) is 26.3 Å². The van der Waals surface area contributed by atoms with Crippen LogP contribution in [-0.4, -0.2) is 12.9 Å². The zero-order chi connectivity index (χ0) is 11.8. The van der Waals surface area contributed by atoms with Crippen LogP contribution >= 0.6 is 22.7 Å². The molecule has 0 fully saturated rings. The highest BCUT2D eigenvalue weighted by Crippen LogP contribution is 2.34. The number of carbonyl (C=O) groups excluding carboxylic acids is 1. The van der Waals surface area contributed by atoms with Crippen molar-refractivity contribution in [3.63, 3.8) is 0 Å². The Bertz CT molecular complexity index is 544. The summed E-state index contributed by atoms with van der Waals surface area (Å²) in [4.78, 5) is 15.3. The van der Waals surface area contributed by atoms with E-state index in [9.17, 15) is 4.79 Å². The van der Waals surface area contributed by atoms with Crippen molar-refractivity contribution in [2.75, 3.05) is 7.11 Å². The van der Waals surface area contributed by atoms with Gasteiger partial charge in [0.1, 0.15) is 10.6 Å². The van der Waals surface area contributed by atoms with E-state index in [1.165, 1.54) is 28.2 Å². The molecule has 17 heavy (non-hydrogen) atoms. The van der Waals surface area contributed by atoms with Gasteiger partial charge in [-0.3, -0.25) is 4.79 Å².